The molecule has 0 spiro atoms. The maximum absolute atomic E-state index is 12.3. The van der Waals surface area contributed by atoms with Gasteiger partial charge in [0.15, 0.2) is 5.78 Å². The maximum atomic E-state index is 12.3. The molecular weight excluding hydrogens is 252 g/mol. The summed E-state index contributed by atoms with van der Waals surface area (Å²) in [5, 5.41) is 10.3. The van der Waals surface area contributed by atoms with Gasteiger partial charge in [-0.2, -0.15) is 0 Å². The molecule has 106 valence electrons. The first-order valence-electron chi connectivity index (χ1n) is 6.97. The summed E-state index contributed by atoms with van der Waals surface area (Å²) in [7, 11) is 0. The molecule has 0 saturated carbocycles. The maximum Gasteiger partial charge on any atom is 0.169 e. The van der Waals surface area contributed by atoms with Crippen LogP contribution in [0.3, 0.4) is 0 Å². The van der Waals surface area contributed by atoms with Crippen LogP contribution in [0.4, 0.5) is 0 Å². The van der Waals surface area contributed by atoms with Gasteiger partial charge in [-0.3, -0.25) is 4.79 Å². The van der Waals surface area contributed by atoms with Gasteiger partial charge in [-0.25, -0.2) is 0 Å². The van der Waals surface area contributed by atoms with Crippen molar-refractivity contribution in [2.45, 2.75) is 32.3 Å². The average Bonchev–Trinajstić information content (AvgIpc) is 2.48. The number of carbonyl (C=O) groups excluding carboxylic acids is 1. The van der Waals surface area contributed by atoms with E-state index in [0.29, 0.717) is 17.7 Å². The molecule has 0 fully saturated rings. The predicted octanol–water partition coefficient (Wildman–Crippen LogP) is 3.67. The van der Waals surface area contributed by atoms with E-state index in [4.69, 9.17) is 4.74 Å². The summed E-state index contributed by atoms with van der Waals surface area (Å²) in [5.74, 6) is -0.0443. The predicted molar refractivity (Wildman–Crippen MR) is 79.4 cm³/mol. The number of carbonyl (C=O) groups is 1. The first kappa shape index (κ1) is 14.5. The summed E-state index contributed by atoms with van der Waals surface area (Å²) in [6.45, 7) is 4.48. The highest BCUT2D eigenvalue weighted by molar-refractivity contribution is 6.05. The number of hydrogen-bond acceptors (Lipinski definition) is 3. The summed E-state index contributed by atoms with van der Waals surface area (Å²) in [4.78, 5) is 12.3. The van der Waals surface area contributed by atoms with E-state index in [2.05, 4.69) is 0 Å². The summed E-state index contributed by atoms with van der Waals surface area (Å²) in [5.41, 5.74) is 0.493. The highest BCUT2D eigenvalue weighted by atomic mass is 16.5. The molecule has 1 aliphatic carbocycles. The number of ketones is 1. The number of aliphatic hydroxyl groups excluding tert-OH is 1. The van der Waals surface area contributed by atoms with Crippen molar-refractivity contribution in [3.8, 4) is 0 Å². The van der Waals surface area contributed by atoms with Gasteiger partial charge in [0.25, 0.3) is 0 Å². The third kappa shape index (κ3) is 2.83. The van der Waals surface area contributed by atoms with E-state index < -0.39 is 5.60 Å². The fraction of sp³-hybridized carbons (Fsp3) is 0.353. The van der Waals surface area contributed by atoms with Crippen molar-refractivity contribution in [2.24, 2.45) is 0 Å². The van der Waals surface area contributed by atoms with Crippen LogP contribution in [0.25, 0.3) is 5.76 Å². The number of Topliss-reactive ketones (excluding diaryl/α,β-unsaturated/α-hetero) is 1. The molecule has 20 heavy (non-hydrogen) atoms. The lowest BCUT2D eigenvalue weighted by atomic mass is 9.84. The lowest BCUT2D eigenvalue weighted by molar-refractivity contribution is -0.121. The second-order valence-corrected chi connectivity index (χ2v) is 4.91. The second kappa shape index (κ2) is 6.06. The van der Waals surface area contributed by atoms with Crippen LogP contribution in [0.5, 0.6) is 0 Å². The van der Waals surface area contributed by atoms with Crippen LogP contribution >= 0.6 is 0 Å². The number of benzene rings is 1. The molecule has 0 radical (unpaired) electrons. The van der Waals surface area contributed by atoms with Gasteiger partial charge < -0.3 is 9.84 Å². The Bertz CT molecular complexity index is 543. The zero-order chi connectivity index (χ0) is 14.6. The largest absolute Gasteiger partial charge is 0.507 e. The van der Waals surface area contributed by atoms with Gasteiger partial charge >= 0.3 is 0 Å². The quantitative estimate of drug-likeness (QED) is 0.672. The molecule has 0 aliphatic heterocycles. The zero-order valence-corrected chi connectivity index (χ0v) is 11.9. The van der Waals surface area contributed by atoms with Crippen molar-refractivity contribution >= 4 is 11.5 Å². The van der Waals surface area contributed by atoms with E-state index >= 15 is 0 Å². The van der Waals surface area contributed by atoms with Crippen molar-refractivity contribution in [2.75, 3.05) is 6.61 Å². The van der Waals surface area contributed by atoms with E-state index in [1.165, 1.54) is 0 Å². The molecule has 3 heteroatoms. The van der Waals surface area contributed by atoms with E-state index in [-0.39, 0.29) is 18.0 Å². The second-order valence-electron chi connectivity index (χ2n) is 4.91. The van der Waals surface area contributed by atoms with E-state index in [1.54, 1.807) is 18.2 Å². The van der Waals surface area contributed by atoms with Crippen molar-refractivity contribution in [3.63, 3.8) is 0 Å². The molecule has 0 bridgehead atoms. The molecule has 3 nitrogen and oxygen atoms in total. The monoisotopic (exact) mass is 272 g/mol. The van der Waals surface area contributed by atoms with Crippen molar-refractivity contribution < 1.29 is 14.6 Å². The average molecular weight is 272 g/mol. The summed E-state index contributed by atoms with van der Waals surface area (Å²) < 4.78 is 5.71. The van der Waals surface area contributed by atoms with Gasteiger partial charge in [0, 0.05) is 18.6 Å². The molecule has 1 aliphatic rings. The number of rotatable bonds is 4. The highest BCUT2D eigenvalue weighted by Crippen LogP contribution is 2.32. The van der Waals surface area contributed by atoms with Crippen molar-refractivity contribution in [1.82, 2.24) is 0 Å². The standard InChI is InChI=1S/C17H20O3/c1-3-17(20-4-2)11-10-14(15(18)12-17)16(19)13-8-6-5-7-9-13/h5-11,19H,3-4,12H2,1-2H3. The van der Waals surface area contributed by atoms with Gasteiger partial charge in [-0.1, -0.05) is 43.3 Å². The van der Waals surface area contributed by atoms with E-state index in [9.17, 15) is 9.90 Å². The molecular formula is C17H20O3. The first-order chi connectivity index (χ1) is 9.62. The van der Waals surface area contributed by atoms with Crippen LogP contribution in [0, 0.1) is 0 Å². The Labute approximate surface area is 119 Å². The third-order valence-corrected chi connectivity index (χ3v) is 3.65. The number of allylic oxidation sites excluding steroid dienone is 2. The van der Waals surface area contributed by atoms with E-state index in [1.807, 2.05) is 38.1 Å². The van der Waals surface area contributed by atoms with Crippen molar-refractivity contribution in [1.29, 1.82) is 0 Å². The number of ether oxygens (including phenoxy) is 1. The minimum atomic E-state index is -0.522. The van der Waals surface area contributed by atoms with Gasteiger partial charge in [-0.15, -0.1) is 0 Å². The Balaban J connectivity index is 2.37. The molecule has 1 aromatic rings. The van der Waals surface area contributed by atoms with Crippen LogP contribution in [0.15, 0.2) is 48.1 Å². The summed E-state index contributed by atoms with van der Waals surface area (Å²) in [6, 6.07) is 9.11. The Hall–Kier alpha value is -1.87. The number of hydrogen-bond donors (Lipinski definition) is 1. The lowest BCUT2D eigenvalue weighted by Crippen LogP contribution is -2.35. The summed E-state index contributed by atoms with van der Waals surface area (Å²) in [6.07, 6.45) is 4.60. The van der Waals surface area contributed by atoms with Crippen LogP contribution < -0.4 is 0 Å². The normalized spacial score (nSPS) is 24.8. The molecule has 0 aromatic heterocycles. The van der Waals surface area contributed by atoms with Crippen LogP contribution in [-0.2, 0) is 9.53 Å². The SMILES string of the molecule is CCOC1(CC)C=CC(=C(O)c2ccccc2)C(=O)C1. The number of aliphatic hydroxyl groups is 1. The van der Waals surface area contributed by atoms with Gasteiger partial charge in [0.2, 0.25) is 0 Å². The van der Waals surface area contributed by atoms with Crippen LogP contribution in [-0.4, -0.2) is 23.1 Å². The minimum absolute atomic E-state index is 0.0352. The fourth-order valence-corrected chi connectivity index (χ4v) is 2.45. The Morgan fingerprint density at radius 3 is 2.55 bits per heavy atom. The minimum Gasteiger partial charge on any atom is -0.507 e. The van der Waals surface area contributed by atoms with Gasteiger partial charge in [-0.05, 0) is 19.4 Å². The topological polar surface area (TPSA) is 46.5 Å². The zero-order valence-electron chi connectivity index (χ0n) is 11.9. The molecule has 1 aromatic carbocycles. The Morgan fingerprint density at radius 2 is 2.00 bits per heavy atom. The molecule has 0 heterocycles. The molecule has 1 N–H and O–H groups in total. The molecule has 0 saturated heterocycles. The fourth-order valence-electron chi connectivity index (χ4n) is 2.45. The molecule has 2 rings (SSSR count). The van der Waals surface area contributed by atoms with Crippen LogP contribution in [0.1, 0.15) is 32.3 Å². The lowest BCUT2D eigenvalue weighted by Gasteiger charge is -2.32. The summed E-state index contributed by atoms with van der Waals surface area (Å²) >= 11 is 0. The first-order valence-corrected chi connectivity index (χ1v) is 6.97. The van der Waals surface area contributed by atoms with E-state index in [0.717, 1.165) is 6.42 Å². The van der Waals surface area contributed by atoms with Crippen LogP contribution in [0.2, 0.25) is 0 Å². The molecule has 1 atom stereocenters. The Kier molecular flexibility index (Phi) is 4.40. The smallest absolute Gasteiger partial charge is 0.169 e. The third-order valence-electron chi connectivity index (χ3n) is 3.65. The molecule has 1 unspecified atom stereocenters. The van der Waals surface area contributed by atoms with Crippen molar-refractivity contribution in [3.05, 3.63) is 53.6 Å². The highest BCUT2D eigenvalue weighted by Gasteiger charge is 2.34. The van der Waals surface area contributed by atoms with Gasteiger partial charge in [0.1, 0.15) is 5.76 Å². The Morgan fingerprint density at radius 1 is 1.30 bits per heavy atom. The molecule has 0 amide bonds. The van der Waals surface area contributed by atoms with Gasteiger partial charge in [0.05, 0.1) is 11.2 Å².